The van der Waals surface area contributed by atoms with Crippen molar-refractivity contribution in [2.24, 2.45) is 0 Å². The first-order valence-electron chi connectivity index (χ1n) is 8.82. The molecule has 0 saturated heterocycles. The Labute approximate surface area is 153 Å². The molecule has 25 heavy (non-hydrogen) atoms. The lowest BCUT2D eigenvalue weighted by Crippen LogP contribution is -2.27. The Morgan fingerprint density at radius 1 is 0.880 bits per heavy atom. The second kappa shape index (κ2) is 9.32. The fourth-order valence-corrected chi connectivity index (χ4v) is 3.18. The van der Waals surface area contributed by atoms with Gasteiger partial charge in [-0.25, -0.2) is 0 Å². The Morgan fingerprint density at radius 3 is 1.76 bits per heavy atom. The Kier molecular flexibility index (Phi) is 7.13. The van der Waals surface area contributed by atoms with Gasteiger partial charge in [0.15, 0.2) is 0 Å². The summed E-state index contributed by atoms with van der Waals surface area (Å²) in [4.78, 5) is 2.25. The summed E-state index contributed by atoms with van der Waals surface area (Å²) in [5.41, 5.74) is 2.53. The molecule has 0 aromatic heterocycles. The van der Waals surface area contributed by atoms with Crippen LogP contribution in [0.2, 0.25) is 19.6 Å². The smallest absolute Gasteiger partial charge is 0.282 e. The lowest BCUT2D eigenvalue weighted by atomic mass is 10.2. The molecule has 0 saturated carbocycles. The van der Waals surface area contributed by atoms with E-state index in [0.29, 0.717) is 12.6 Å². The number of ether oxygens (including phenoxy) is 1. The highest BCUT2D eigenvalue weighted by molar-refractivity contribution is 6.69. The van der Waals surface area contributed by atoms with Crippen LogP contribution in [0.5, 0.6) is 0 Å². The molecule has 2 rings (SSSR count). The summed E-state index contributed by atoms with van der Waals surface area (Å²) in [5, 5.41) is 0. The third kappa shape index (κ3) is 7.48. The van der Waals surface area contributed by atoms with E-state index in [-0.39, 0.29) is 0 Å². The second-order valence-electron chi connectivity index (χ2n) is 6.97. The molecule has 0 heterocycles. The van der Waals surface area contributed by atoms with Crippen molar-refractivity contribution in [3.05, 3.63) is 83.9 Å². The van der Waals surface area contributed by atoms with Crippen LogP contribution in [0.25, 0.3) is 0 Å². The maximum absolute atomic E-state index is 6.12. The Balaban J connectivity index is 2.23. The average Bonchev–Trinajstić information content (AvgIpc) is 2.55. The molecule has 0 radical (unpaired) electrons. The minimum Gasteiger partial charge on any atom is -0.519 e. The van der Waals surface area contributed by atoms with Crippen molar-refractivity contribution in [1.29, 1.82) is 0 Å². The third-order valence-electron chi connectivity index (χ3n) is 3.44. The number of hydrogen-bond acceptors (Lipinski definition) is 3. The standard InChI is InChI=1S/C21H29NO2Si/c1-5-23-21(24-25(2,3)4)18-22(16-19-12-8-6-9-13-19)17-20-14-10-7-11-15-20/h6-15,18H,5,16-17H2,1-4H3/b21-18-. The van der Waals surface area contributed by atoms with Gasteiger partial charge in [0.05, 0.1) is 12.8 Å². The van der Waals surface area contributed by atoms with Gasteiger partial charge in [0.2, 0.25) is 8.32 Å². The summed E-state index contributed by atoms with van der Waals surface area (Å²) < 4.78 is 11.9. The molecule has 0 aliphatic carbocycles. The van der Waals surface area contributed by atoms with Crippen LogP contribution >= 0.6 is 0 Å². The van der Waals surface area contributed by atoms with E-state index in [9.17, 15) is 0 Å². The largest absolute Gasteiger partial charge is 0.519 e. The van der Waals surface area contributed by atoms with Crippen LogP contribution in [-0.2, 0) is 22.3 Å². The third-order valence-corrected chi connectivity index (χ3v) is 4.25. The van der Waals surface area contributed by atoms with Gasteiger partial charge in [-0.05, 0) is 37.7 Å². The summed E-state index contributed by atoms with van der Waals surface area (Å²) in [6.45, 7) is 10.7. The van der Waals surface area contributed by atoms with Crippen LogP contribution in [0.4, 0.5) is 0 Å². The summed E-state index contributed by atoms with van der Waals surface area (Å²) >= 11 is 0. The zero-order chi connectivity index (χ0) is 18.1. The summed E-state index contributed by atoms with van der Waals surface area (Å²) in [7, 11) is -1.73. The molecule has 3 nitrogen and oxygen atoms in total. The predicted molar refractivity (Wildman–Crippen MR) is 106 cm³/mol. The van der Waals surface area contributed by atoms with Crippen LogP contribution < -0.4 is 0 Å². The normalized spacial score (nSPS) is 11.9. The first-order valence-corrected chi connectivity index (χ1v) is 12.2. The van der Waals surface area contributed by atoms with Crippen LogP contribution in [-0.4, -0.2) is 19.8 Å². The zero-order valence-electron chi connectivity index (χ0n) is 15.7. The van der Waals surface area contributed by atoms with E-state index >= 15 is 0 Å². The van der Waals surface area contributed by atoms with Gasteiger partial charge < -0.3 is 14.1 Å². The van der Waals surface area contributed by atoms with Gasteiger partial charge in [-0.1, -0.05) is 60.7 Å². The van der Waals surface area contributed by atoms with Gasteiger partial charge >= 0.3 is 0 Å². The fourth-order valence-electron chi connectivity index (χ4n) is 2.47. The lowest BCUT2D eigenvalue weighted by Gasteiger charge is -2.26. The Hall–Kier alpha value is -2.20. The molecule has 0 aliphatic heterocycles. The van der Waals surface area contributed by atoms with E-state index in [1.807, 2.05) is 25.3 Å². The van der Waals surface area contributed by atoms with Gasteiger partial charge in [-0.2, -0.15) is 0 Å². The van der Waals surface area contributed by atoms with E-state index in [4.69, 9.17) is 9.16 Å². The van der Waals surface area contributed by atoms with E-state index < -0.39 is 8.32 Å². The first kappa shape index (κ1) is 19.1. The van der Waals surface area contributed by atoms with Gasteiger partial charge in [-0.15, -0.1) is 0 Å². The van der Waals surface area contributed by atoms with Crippen molar-refractivity contribution in [2.75, 3.05) is 6.61 Å². The predicted octanol–water partition coefficient (Wildman–Crippen LogP) is 5.38. The van der Waals surface area contributed by atoms with E-state index in [1.54, 1.807) is 0 Å². The molecule has 0 amide bonds. The molecule has 0 aliphatic rings. The molecule has 2 aromatic carbocycles. The quantitative estimate of drug-likeness (QED) is 0.445. The summed E-state index contributed by atoms with van der Waals surface area (Å²) in [6.07, 6.45) is 2.02. The number of hydrogen-bond donors (Lipinski definition) is 0. The Morgan fingerprint density at radius 2 is 1.36 bits per heavy atom. The molecule has 0 unspecified atom stereocenters. The van der Waals surface area contributed by atoms with Crippen molar-refractivity contribution in [2.45, 2.75) is 39.7 Å². The van der Waals surface area contributed by atoms with E-state index in [2.05, 4.69) is 73.1 Å². The van der Waals surface area contributed by atoms with Crippen molar-refractivity contribution in [3.63, 3.8) is 0 Å². The van der Waals surface area contributed by atoms with Gasteiger partial charge in [0.1, 0.15) is 0 Å². The van der Waals surface area contributed by atoms with Crippen LogP contribution in [0.3, 0.4) is 0 Å². The van der Waals surface area contributed by atoms with Crippen molar-refractivity contribution < 1.29 is 9.16 Å². The minimum absolute atomic E-state index is 0.598. The highest BCUT2D eigenvalue weighted by Gasteiger charge is 2.19. The molecule has 0 bridgehead atoms. The highest BCUT2D eigenvalue weighted by atomic mass is 28.4. The van der Waals surface area contributed by atoms with Crippen molar-refractivity contribution in [1.82, 2.24) is 4.90 Å². The zero-order valence-corrected chi connectivity index (χ0v) is 16.7. The monoisotopic (exact) mass is 355 g/mol. The highest BCUT2D eigenvalue weighted by Crippen LogP contribution is 2.16. The van der Waals surface area contributed by atoms with Crippen LogP contribution in [0.1, 0.15) is 18.1 Å². The Bertz CT molecular complexity index is 609. The fraction of sp³-hybridized carbons (Fsp3) is 0.333. The van der Waals surface area contributed by atoms with Crippen LogP contribution in [0.15, 0.2) is 72.8 Å². The molecule has 2 aromatic rings. The van der Waals surface area contributed by atoms with Crippen molar-refractivity contribution in [3.8, 4) is 0 Å². The average molecular weight is 356 g/mol. The molecule has 0 N–H and O–H groups in total. The minimum atomic E-state index is -1.73. The van der Waals surface area contributed by atoms with Gasteiger partial charge in [-0.3, -0.25) is 0 Å². The maximum Gasteiger partial charge on any atom is 0.282 e. The molecule has 0 spiro atoms. The van der Waals surface area contributed by atoms with Gasteiger partial charge in [0, 0.05) is 13.1 Å². The SMILES string of the molecule is CCO/C(=C/N(Cc1ccccc1)Cc1ccccc1)O[Si](C)(C)C. The maximum atomic E-state index is 6.12. The topological polar surface area (TPSA) is 21.7 Å². The van der Waals surface area contributed by atoms with Gasteiger partial charge in [0.25, 0.3) is 5.95 Å². The molecule has 4 heteroatoms. The summed E-state index contributed by atoms with van der Waals surface area (Å²) in [6, 6.07) is 20.9. The van der Waals surface area contributed by atoms with E-state index in [0.717, 1.165) is 13.1 Å². The molecular formula is C21H29NO2Si. The summed E-state index contributed by atoms with van der Waals surface area (Å²) in [5.74, 6) is 0.619. The lowest BCUT2D eigenvalue weighted by molar-refractivity contribution is 0.102. The number of nitrogens with zero attached hydrogens (tertiary/aromatic N) is 1. The molecular weight excluding hydrogens is 326 g/mol. The number of benzene rings is 2. The van der Waals surface area contributed by atoms with Crippen LogP contribution in [0, 0.1) is 0 Å². The molecule has 134 valence electrons. The first-order chi connectivity index (χ1) is 12.0. The van der Waals surface area contributed by atoms with Crippen molar-refractivity contribution >= 4 is 8.32 Å². The van der Waals surface area contributed by atoms with E-state index in [1.165, 1.54) is 11.1 Å². The molecule has 0 fully saturated rings. The molecule has 0 atom stereocenters. The number of rotatable bonds is 9. The second-order valence-corrected chi connectivity index (χ2v) is 11.4.